The highest BCUT2D eigenvalue weighted by atomic mass is 32.2. The molecule has 1 atom stereocenters. The highest BCUT2D eigenvalue weighted by Gasteiger charge is 2.29. The minimum atomic E-state index is -3.28. The summed E-state index contributed by atoms with van der Waals surface area (Å²) in [4.78, 5) is 19.9. The predicted molar refractivity (Wildman–Crippen MR) is 105 cm³/mol. The number of H-pyrrole nitrogens is 1. The molecule has 0 bridgehead atoms. The summed E-state index contributed by atoms with van der Waals surface area (Å²) in [5.74, 6) is 0.321. The van der Waals surface area contributed by atoms with Crippen molar-refractivity contribution in [2.75, 3.05) is 19.3 Å². The second kappa shape index (κ2) is 7.10. The molecule has 1 aliphatic rings. The van der Waals surface area contributed by atoms with Crippen molar-refractivity contribution in [1.29, 1.82) is 0 Å². The second-order valence-corrected chi connectivity index (χ2v) is 9.30. The Labute approximate surface area is 162 Å². The largest absolute Gasteiger partial charge is 0.308 e. The molecule has 148 valence electrons. The van der Waals surface area contributed by atoms with Gasteiger partial charge < -0.3 is 4.98 Å². The molecule has 1 aliphatic heterocycles. The van der Waals surface area contributed by atoms with Gasteiger partial charge in [-0.3, -0.25) is 4.79 Å². The number of sulfonamides is 1. The fourth-order valence-corrected chi connectivity index (χ4v) is 4.43. The molecular formula is C18H22N6O3S. The molecule has 0 saturated carbocycles. The van der Waals surface area contributed by atoms with Crippen LogP contribution in [0.25, 0.3) is 11.2 Å². The van der Waals surface area contributed by atoms with Crippen molar-refractivity contribution in [3.63, 3.8) is 0 Å². The van der Waals surface area contributed by atoms with Gasteiger partial charge in [0.1, 0.15) is 5.82 Å². The Kier molecular flexibility index (Phi) is 4.76. The van der Waals surface area contributed by atoms with Crippen LogP contribution in [0.4, 0.5) is 0 Å². The van der Waals surface area contributed by atoms with E-state index in [0.717, 1.165) is 24.0 Å². The number of hydrogen-bond acceptors (Lipinski definition) is 6. The monoisotopic (exact) mass is 402 g/mol. The lowest BCUT2D eigenvalue weighted by molar-refractivity contribution is 0.311. The fourth-order valence-electron chi connectivity index (χ4n) is 3.52. The van der Waals surface area contributed by atoms with Crippen LogP contribution in [0, 0.1) is 6.92 Å². The summed E-state index contributed by atoms with van der Waals surface area (Å²) >= 11 is 0. The van der Waals surface area contributed by atoms with E-state index < -0.39 is 10.0 Å². The van der Waals surface area contributed by atoms with Gasteiger partial charge in [-0.25, -0.2) is 22.4 Å². The fraction of sp³-hybridized carbons (Fsp3) is 0.444. The van der Waals surface area contributed by atoms with Crippen molar-refractivity contribution in [2.24, 2.45) is 0 Å². The van der Waals surface area contributed by atoms with E-state index in [1.165, 1.54) is 10.6 Å². The van der Waals surface area contributed by atoms with Crippen LogP contribution in [-0.4, -0.2) is 57.0 Å². The molecule has 10 heteroatoms. The number of benzene rings is 1. The Morgan fingerprint density at radius 1 is 1.25 bits per heavy atom. The number of piperidine rings is 1. The third-order valence-corrected chi connectivity index (χ3v) is 6.35. The maximum absolute atomic E-state index is 12.5. The Morgan fingerprint density at radius 3 is 2.71 bits per heavy atom. The summed E-state index contributed by atoms with van der Waals surface area (Å²) in [6, 6.07) is 8.04. The molecule has 0 spiro atoms. The minimum Gasteiger partial charge on any atom is -0.308 e. The van der Waals surface area contributed by atoms with Crippen LogP contribution < -0.4 is 5.56 Å². The van der Waals surface area contributed by atoms with Crippen molar-refractivity contribution in [3.8, 4) is 0 Å². The number of nitrogens with zero attached hydrogens (tertiary/aromatic N) is 5. The predicted octanol–water partition coefficient (Wildman–Crippen LogP) is 1.01. The molecule has 4 rings (SSSR count). The number of aromatic amines is 1. The van der Waals surface area contributed by atoms with Gasteiger partial charge in [-0.2, -0.15) is 0 Å². The van der Waals surface area contributed by atoms with Gasteiger partial charge in [-0.1, -0.05) is 35.0 Å². The minimum absolute atomic E-state index is 0.164. The van der Waals surface area contributed by atoms with E-state index in [4.69, 9.17) is 0 Å². The number of nitrogens with one attached hydrogen (secondary N) is 1. The van der Waals surface area contributed by atoms with Gasteiger partial charge in [0, 0.05) is 19.0 Å². The first-order valence-corrected chi connectivity index (χ1v) is 11.0. The third kappa shape index (κ3) is 3.69. The smallest absolute Gasteiger partial charge is 0.281 e. The van der Waals surface area contributed by atoms with E-state index in [0.29, 0.717) is 31.1 Å². The van der Waals surface area contributed by atoms with E-state index in [-0.39, 0.29) is 17.0 Å². The molecule has 1 fully saturated rings. The molecule has 1 saturated heterocycles. The van der Waals surface area contributed by atoms with Crippen LogP contribution in [0.1, 0.15) is 35.7 Å². The van der Waals surface area contributed by atoms with Gasteiger partial charge in [0.25, 0.3) is 5.56 Å². The topological polar surface area (TPSA) is 114 Å². The maximum Gasteiger partial charge on any atom is 0.281 e. The van der Waals surface area contributed by atoms with Crippen molar-refractivity contribution in [1.82, 2.24) is 29.3 Å². The summed E-state index contributed by atoms with van der Waals surface area (Å²) < 4.78 is 26.8. The molecule has 0 radical (unpaired) electrons. The van der Waals surface area contributed by atoms with Gasteiger partial charge in [0.2, 0.25) is 10.0 Å². The van der Waals surface area contributed by atoms with Gasteiger partial charge in [-0.05, 0) is 25.3 Å². The van der Waals surface area contributed by atoms with Crippen molar-refractivity contribution < 1.29 is 8.42 Å². The number of aromatic nitrogens is 5. The van der Waals surface area contributed by atoms with E-state index in [1.54, 1.807) is 4.68 Å². The van der Waals surface area contributed by atoms with Crippen LogP contribution >= 0.6 is 0 Å². The Bertz CT molecular complexity index is 1170. The van der Waals surface area contributed by atoms with Crippen molar-refractivity contribution in [2.45, 2.75) is 32.2 Å². The standard InChI is InChI=1S/C18H22N6O3S/c1-12-5-7-13(8-6-12)10-24-17-15(21-22-24)18(25)20-16(19-17)14-4-3-9-23(11-14)28(2,26)27/h5-8,14H,3-4,9-11H2,1-2H3,(H,19,20,25). The van der Waals surface area contributed by atoms with Crippen LogP contribution in [0.3, 0.4) is 0 Å². The molecule has 1 N–H and O–H groups in total. The Hall–Kier alpha value is -2.59. The zero-order chi connectivity index (χ0) is 19.9. The number of rotatable bonds is 4. The molecule has 9 nitrogen and oxygen atoms in total. The van der Waals surface area contributed by atoms with E-state index in [1.807, 2.05) is 31.2 Å². The molecule has 1 aromatic carbocycles. The summed E-state index contributed by atoms with van der Waals surface area (Å²) in [6.45, 7) is 3.28. The first kappa shape index (κ1) is 18.8. The highest BCUT2D eigenvalue weighted by Crippen LogP contribution is 2.26. The second-order valence-electron chi connectivity index (χ2n) is 7.32. The number of aryl methyl sites for hydroxylation is 1. The third-order valence-electron chi connectivity index (χ3n) is 5.08. The summed E-state index contributed by atoms with van der Waals surface area (Å²) in [6.07, 6.45) is 2.69. The average Bonchev–Trinajstić information content (AvgIpc) is 3.06. The average molecular weight is 402 g/mol. The number of hydrogen-bond donors (Lipinski definition) is 1. The molecule has 1 unspecified atom stereocenters. The molecule has 3 aromatic rings. The maximum atomic E-state index is 12.5. The molecule has 3 heterocycles. The lowest BCUT2D eigenvalue weighted by atomic mass is 9.99. The van der Waals surface area contributed by atoms with E-state index >= 15 is 0 Å². The van der Waals surface area contributed by atoms with Crippen LogP contribution in [-0.2, 0) is 16.6 Å². The first-order valence-electron chi connectivity index (χ1n) is 9.15. The SMILES string of the molecule is Cc1ccc(Cn2nnc3c(=O)[nH]c(C4CCCN(S(C)(=O)=O)C4)nc32)cc1. The van der Waals surface area contributed by atoms with Crippen LogP contribution in [0.5, 0.6) is 0 Å². The summed E-state index contributed by atoms with van der Waals surface area (Å²) in [7, 11) is -3.28. The van der Waals surface area contributed by atoms with Gasteiger partial charge in [0.15, 0.2) is 11.2 Å². The van der Waals surface area contributed by atoms with Gasteiger partial charge in [-0.15, -0.1) is 5.10 Å². The van der Waals surface area contributed by atoms with Crippen LogP contribution in [0.15, 0.2) is 29.1 Å². The Balaban J connectivity index is 1.69. The first-order chi connectivity index (χ1) is 13.3. The van der Waals surface area contributed by atoms with Gasteiger partial charge >= 0.3 is 0 Å². The van der Waals surface area contributed by atoms with Crippen molar-refractivity contribution in [3.05, 3.63) is 51.6 Å². The Morgan fingerprint density at radius 2 is 2.00 bits per heavy atom. The summed E-state index contributed by atoms with van der Waals surface area (Å²) in [5.41, 5.74) is 2.44. The summed E-state index contributed by atoms with van der Waals surface area (Å²) in [5, 5.41) is 8.06. The van der Waals surface area contributed by atoms with Crippen molar-refractivity contribution >= 4 is 21.2 Å². The molecule has 2 aromatic heterocycles. The van der Waals surface area contributed by atoms with E-state index in [2.05, 4.69) is 20.3 Å². The molecule has 28 heavy (non-hydrogen) atoms. The molecule has 0 amide bonds. The normalized spacial score (nSPS) is 18.6. The molecule has 0 aliphatic carbocycles. The zero-order valence-electron chi connectivity index (χ0n) is 15.8. The van der Waals surface area contributed by atoms with Gasteiger partial charge in [0.05, 0.1) is 12.8 Å². The zero-order valence-corrected chi connectivity index (χ0v) is 16.6. The van der Waals surface area contributed by atoms with E-state index in [9.17, 15) is 13.2 Å². The molecular weight excluding hydrogens is 380 g/mol. The number of fused-ring (bicyclic) bond motifs is 1. The van der Waals surface area contributed by atoms with Crippen LogP contribution in [0.2, 0.25) is 0 Å². The lowest BCUT2D eigenvalue weighted by Crippen LogP contribution is -2.39. The quantitative estimate of drug-likeness (QED) is 0.697. The lowest BCUT2D eigenvalue weighted by Gasteiger charge is -2.30. The highest BCUT2D eigenvalue weighted by molar-refractivity contribution is 7.88.